The molecule has 0 aliphatic heterocycles. The van der Waals surface area contributed by atoms with E-state index in [9.17, 15) is 4.79 Å². The number of rotatable bonds is 1. The lowest BCUT2D eigenvalue weighted by atomic mass is 10.1. The average Bonchev–Trinajstić information content (AvgIpc) is 2.72. The molecule has 4 nitrogen and oxygen atoms in total. The second-order valence-electron chi connectivity index (χ2n) is 5.96. The smallest absolute Gasteiger partial charge is 0.274 e. The van der Waals surface area contributed by atoms with E-state index >= 15 is 0 Å². The summed E-state index contributed by atoms with van der Waals surface area (Å²) < 4.78 is 0. The minimum Gasteiger partial charge on any atom is -0.319 e. The van der Waals surface area contributed by atoms with Crippen molar-refractivity contribution in [3.05, 3.63) is 99.8 Å². The summed E-state index contributed by atoms with van der Waals surface area (Å²) in [4.78, 5) is 19.8. The minimum atomic E-state index is -0.300. The molecule has 4 heteroatoms. The number of hydrogen-bond donors (Lipinski definition) is 1. The number of fused-ring (bicyclic) bond motifs is 1. The third-order valence-corrected chi connectivity index (χ3v) is 4.08. The molecule has 1 N–H and O–H groups in total. The van der Waals surface area contributed by atoms with Crippen LogP contribution in [0.4, 0.5) is 0 Å². The molecular formula is C23H13N3O. The first-order chi connectivity index (χ1) is 13.2. The van der Waals surface area contributed by atoms with Crippen LogP contribution < -0.4 is 5.56 Å². The Kier molecular flexibility index (Phi) is 4.23. The van der Waals surface area contributed by atoms with Gasteiger partial charge in [-0.2, -0.15) is 5.26 Å². The van der Waals surface area contributed by atoms with Gasteiger partial charge in [-0.3, -0.25) is 4.79 Å². The Balaban J connectivity index is 1.76. The van der Waals surface area contributed by atoms with E-state index in [0.717, 1.165) is 11.1 Å². The van der Waals surface area contributed by atoms with Crippen LogP contribution >= 0.6 is 0 Å². The predicted molar refractivity (Wildman–Crippen MR) is 105 cm³/mol. The van der Waals surface area contributed by atoms with Crippen molar-refractivity contribution >= 4 is 11.0 Å². The largest absolute Gasteiger partial charge is 0.319 e. The average molecular weight is 347 g/mol. The molecule has 1 heterocycles. The van der Waals surface area contributed by atoms with Gasteiger partial charge in [-0.25, -0.2) is 4.98 Å². The molecular weight excluding hydrogens is 334 g/mol. The number of aromatic amines is 1. The van der Waals surface area contributed by atoms with E-state index in [1.807, 2.05) is 48.5 Å². The zero-order valence-electron chi connectivity index (χ0n) is 14.2. The third kappa shape index (κ3) is 3.46. The van der Waals surface area contributed by atoms with Gasteiger partial charge in [0.1, 0.15) is 5.69 Å². The molecule has 0 spiro atoms. The van der Waals surface area contributed by atoms with Crippen LogP contribution in [0.5, 0.6) is 0 Å². The molecule has 0 bridgehead atoms. The molecule has 4 aromatic rings. The highest BCUT2D eigenvalue weighted by molar-refractivity contribution is 5.78. The maximum atomic E-state index is 12.5. The summed E-state index contributed by atoms with van der Waals surface area (Å²) in [7, 11) is 0. The van der Waals surface area contributed by atoms with Gasteiger partial charge in [-0.05, 0) is 42.5 Å². The molecule has 0 atom stereocenters. The first-order valence-electron chi connectivity index (χ1n) is 8.35. The van der Waals surface area contributed by atoms with Gasteiger partial charge in [-0.1, -0.05) is 42.2 Å². The highest BCUT2D eigenvalue weighted by atomic mass is 16.1. The zero-order valence-corrected chi connectivity index (χ0v) is 14.2. The van der Waals surface area contributed by atoms with E-state index < -0.39 is 0 Å². The number of nitriles is 1. The second kappa shape index (κ2) is 7.00. The van der Waals surface area contributed by atoms with Gasteiger partial charge in [0, 0.05) is 16.7 Å². The summed E-state index contributed by atoms with van der Waals surface area (Å²) in [6.45, 7) is 0. The van der Waals surface area contributed by atoms with E-state index in [1.165, 1.54) is 0 Å². The summed E-state index contributed by atoms with van der Waals surface area (Å²) in [5.74, 6) is 6.20. The summed E-state index contributed by atoms with van der Waals surface area (Å²) in [5, 5.41) is 9.04. The summed E-state index contributed by atoms with van der Waals surface area (Å²) in [6.07, 6.45) is 0. The number of nitrogens with one attached hydrogen (secondary N) is 1. The van der Waals surface area contributed by atoms with Crippen molar-refractivity contribution in [1.82, 2.24) is 9.97 Å². The molecule has 0 aliphatic carbocycles. The molecule has 0 unspecified atom stereocenters. The Morgan fingerprint density at radius 1 is 0.815 bits per heavy atom. The van der Waals surface area contributed by atoms with Gasteiger partial charge >= 0.3 is 0 Å². The van der Waals surface area contributed by atoms with Gasteiger partial charge in [0.15, 0.2) is 0 Å². The molecule has 1 aromatic heterocycles. The number of H-pyrrole nitrogens is 1. The van der Waals surface area contributed by atoms with Gasteiger partial charge in [0.2, 0.25) is 0 Å². The topological polar surface area (TPSA) is 69.5 Å². The fourth-order valence-corrected chi connectivity index (χ4v) is 2.76. The standard InChI is InChI=1S/C23H13N3O/c24-15-18-7-4-8-19(13-18)22-23(27)26-21-14-17(11-12-20(21)25-22)10-9-16-5-2-1-3-6-16/h1-8,11-14H,(H,26,27). The van der Waals surface area contributed by atoms with Gasteiger partial charge in [-0.15, -0.1) is 0 Å². The zero-order chi connectivity index (χ0) is 18.6. The summed E-state index contributed by atoms with van der Waals surface area (Å²) >= 11 is 0. The normalized spacial score (nSPS) is 10.0. The van der Waals surface area contributed by atoms with Crippen molar-refractivity contribution in [2.75, 3.05) is 0 Å². The fourth-order valence-electron chi connectivity index (χ4n) is 2.76. The Hall–Kier alpha value is -4.15. The molecule has 27 heavy (non-hydrogen) atoms. The molecule has 0 fully saturated rings. The maximum Gasteiger partial charge on any atom is 0.274 e. The summed E-state index contributed by atoms with van der Waals surface area (Å²) in [5.41, 5.74) is 4.11. The number of aromatic nitrogens is 2. The van der Waals surface area contributed by atoms with E-state index in [2.05, 4.69) is 27.9 Å². The molecule has 3 aromatic carbocycles. The number of benzene rings is 3. The lowest BCUT2D eigenvalue weighted by Gasteiger charge is -2.04. The Labute approximate surface area is 155 Å². The van der Waals surface area contributed by atoms with Crippen LogP contribution in [0.15, 0.2) is 77.6 Å². The van der Waals surface area contributed by atoms with Crippen molar-refractivity contribution in [3.63, 3.8) is 0 Å². The second-order valence-corrected chi connectivity index (χ2v) is 5.96. The molecule has 4 rings (SSSR count). The SMILES string of the molecule is N#Cc1cccc(-c2nc3ccc(C#Cc4ccccc4)cc3[nH]c2=O)c1. The number of hydrogen-bond acceptors (Lipinski definition) is 3. The molecule has 0 aliphatic rings. The lowest BCUT2D eigenvalue weighted by Crippen LogP contribution is -2.11. The molecule has 0 amide bonds. The molecule has 126 valence electrons. The quantitative estimate of drug-likeness (QED) is 0.532. The first kappa shape index (κ1) is 16.3. The van der Waals surface area contributed by atoms with Crippen LogP contribution in [0.2, 0.25) is 0 Å². The number of nitrogens with zero attached hydrogens (tertiary/aromatic N) is 2. The maximum absolute atomic E-state index is 12.5. The third-order valence-electron chi connectivity index (χ3n) is 4.08. The van der Waals surface area contributed by atoms with Crippen LogP contribution in [0.1, 0.15) is 16.7 Å². The Morgan fingerprint density at radius 3 is 2.41 bits per heavy atom. The Bertz CT molecular complexity index is 1300. The van der Waals surface area contributed by atoms with Crippen molar-refractivity contribution < 1.29 is 0 Å². The van der Waals surface area contributed by atoms with Crippen LogP contribution in [0, 0.1) is 23.2 Å². The highest BCUT2D eigenvalue weighted by Gasteiger charge is 2.08. The van der Waals surface area contributed by atoms with Crippen molar-refractivity contribution in [2.24, 2.45) is 0 Å². The van der Waals surface area contributed by atoms with Crippen molar-refractivity contribution in [2.45, 2.75) is 0 Å². The van der Waals surface area contributed by atoms with E-state index in [-0.39, 0.29) is 5.56 Å². The fraction of sp³-hybridized carbons (Fsp3) is 0. The van der Waals surface area contributed by atoms with Crippen molar-refractivity contribution in [3.8, 4) is 29.2 Å². The van der Waals surface area contributed by atoms with E-state index in [4.69, 9.17) is 5.26 Å². The van der Waals surface area contributed by atoms with Gasteiger partial charge in [0.25, 0.3) is 5.56 Å². The van der Waals surface area contributed by atoms with Crippen LogP contribution in [-0.2, 0) is 0 Å². The van der Waals surface area contributed by atoms with E-state index in [1.54, 1.807) is 24.3 Å². The monoisotopic (exact) mass is 347 g/mol. The van der Waals surface area contributed by atoms with E-state index in [0.29, 0.717) is 27.9 Å². The predicted octanol–water partition coefficient (Wildman–Crippen LogP) is 3.86. The first-order valence-corrected chi connectivity index (χ1v) is 8.35. The summed E-state index contributed by atoms with van der Waals surface area (Å²) in [6, 6.07) is 24.2. The molecule has 0 radical (unpaired) electrons. The van der Waals surface area contributed by atoms with Gasteiger partial charge in [0.05, 0.1) is 22.7 Å². The molecule has 0 saturated carbocycles. The lowest BCUT2D eigenvalue weighted by molar-refractivity contribution is 1.22. The van der Waals surface area contributed by atoms with Crippen LogP contribution in [0.25, 0.3) is 22.3 Å². The van der Waals surface area contributed by atoms with Crippen LogP contribution in [-0.4, -0.2) is 9.97 Å². The highest BCUT2D eigenvalue weighted by Crippen LogP contribution is 2.18. The van der Waals surface area contributed by atoms with Crippen molar-refractivity contribution in [1.29, 1.82) is 5.26 Å². The van der Waals surface area contributed by atoms with Gasteiger partial charge < -0.3 is 4.98 Å². The molecule has 0 saturated heterocycles. The van der Waals surface area contributed by atoms with Crippen LogP contribution in [0.3, 0.4) is 0 Å². The minimum absolute atomic E-state index is 0.294. The Morgan fingerprint density at radius 2 is 1.59 bits per heavy atom.